The molecule has 0 bridgehead atoms. The molecule has 0 aromatic carbocycles. The maximum absolute atomic E-state index is 6.08. The van der Waals surface area contributed by atoms with E-state index in [0.717, 1.165) is 26.1 Å². The molecule has 0 spiro atoms. The zero-order valence-corrected chi connectivity index (χ0v) is 11.3. The fraction of sp³-hybridized carbons (Fsp3) is 0.583. The van der Waals surface area contributed by atoms with Gasteiger partial charge in [0.2, 0.25) is 0 Å². The number of pyridine rings is 1. The Balaban J connectivity index is 1.99. The third-order valence-electron chi connectivity index (χ3n) is 3.15. The molecule has 0 saturated carbocycles. The van der Waals surface area contributed by atoms with Gasteiger partial charge in [-0.2, -0.15) is 0 Å². The highest BCUT2D eigenvalue weighted by atomic mass is 35.5. The van der Waals surface area contributed by atoms with Gasteiger partial charge >= 0.3 is 0 Å². The average molecular weight is 275 g/mol. The predicted octanol–water partition coefficient (Wildman–Crippen LogP) is 3.62. The van der Waals surface area contributed by atoms with Crippen molar-refractivity contribution < 1.29 is 4.74 Å². The molecule has 2 heterocycles. The van der Waals surface area contributed by atoms with Crippen molar-refractivity contribution in [3.8, 4) is 0 Å². The molecule has 1 unspecified atom stereocenters. The van der Waals surface area contributed by atoms with Gasteiger partial charge in [-0.1, -0.05) is 23.2 Å². The minimum absolute atomic E-state index is 0.338. The SMILES string of the molecule is CC(Nc1ncc(Cl)cc1Cl)C1CCOCC1. The highest BCUT2D eigenvalue weighted by Gasteiger charge is 2.21. The molecule has 1 aromatic rings. The summed E-state index contributed by atoms with van der Waals surface area (Å²) < 4.78 is 5.35. The summed E-state index contributed by atoms with van der Waals surface area (Å²) in [5, 5.41) is 4.47. The molecule has 5 heteroatoms. The average Bonchev–Trinajstić information content (AvgIpc) is 2.34. The van der Waals surface area contributed by atoms with Gasteiger partial charge in [0.1, 0.15) is 5.82 Å². The topological polar surface area (TPSA) is 34.2 Å². The van der Waals surface area contributed by atoms with Crippen LogP contribution in [0.3, 0.4) is 0 Å². The third-order valence-corrected chi connectivity index (χ3v) is 3.64. The van der Waals surface area contributed by atoms with Crippen molar-refractivity contribution in [1.82, 2.24) is 4.98 Å². The Hall–Kier alpha value is -0.510. The molecular formula is C12H16Cl2N2O. The van der Waals surface area contributed by atoms with Crippen molar-refractivity contribution in [2.24, 2.45) is 5.92 Å². The molecule has 0 aliphatic carbocycles. The molecule has 17 heavy (non-hydrogen) atoms. The molecule has 1 aliphatic rings. The first kappa shape index (κ1) is 12.9. The molecule has 1 saturated heterocycles. The molecular weight excluding hydrogens is 259 g/mol. The van der Waals surface area contributed by atoms with E-state index in [9.17, 15) is 0 Å². The summed E-state index contributed by atoms with van der Waals surface area (Å²) in [6.07, 6.45) is 3.77. The Labute approximate surface area is 111 Å². The standard InChI is InChI=1S/C12H16Cl2N2O/c1-8(9-2-4-17-5-3-9)16-12-11(14)6-10(13)7-15-12/h6-9H,2-5H2,1H3,(H,15,16). The highest BCUT2D eigenvalue weighted by Crippen LogP contribution is 2.26. The molecule has 1 atom stereocenters. The van der Waals surface area contributed by atoms with E-state index in [-0.39, 0.29) is 0 Å². The quantitative estimate of drug-likeness (QED) is 0.914. The summed E-state index contributed by atoms with van der Waals surface area (Å²) in [6.45, 7) is 3.85. The molecule has 94 valence electrons. The van der Waals surface area contributed by atoms with Crippen LogP contribution in [0, 0.1) is 5.92 Å². The first-order chi connectivity index (χ1) is 8.16. The second kappa shape index (κ2) is 5.89. The van der Waals surface area contributed by atoms with Crippen LogP contribution in [0.1, 0.15) is 19.8 Å². The van der Waals surface area contributed by atoms with Crippen molar-refractivity contribution in [3.05, 3.63) is 22.3 Å². The van der Waals surface area contributed by atoms with Gasteiger partial charge in [-0.3, -0.25) is 0 Å². The van der Waals surface area contributed by atoms with Crippen LogP contribution in [0.4, 0.5) is 5.82 Å². The zero-order valence-electron chi connectivity index (χ0n) is 9.75. The Bertz CT molecular complexity index is 381. The fourth-order valence-electron chi connectivity index (χ4n) is 2.07. The van der Waals surface area contributed by atoms with Gasteiger partial charge in [0.05, 0.1) is 10.0 Å². The van der Waals surface area contributed by atoms with Crippen LogP contribution in [0.25, 0.3) is 0 Å². The van der Waals surface area contributed by atoms with Gasteiger partial charge in [-0.25, -0.2) is 4.98 Å². The molecule has 1 N–H and O–H groups in total. The minimum Gasteiger partial charge on any atom is -0.381 e. The Morgan fingerprint density at radius 3 is 2.76 bits per heavy atom. The lowest BCUT2D eigenvalue weighted by Crippen LogP contribution is -2.31. The summed E-state index contributed by atoms with van der Waals surface area (Å²) in [7, 11) is 0. The fourth-order valence-corrected chi connectivity index (χ4v) is 2.50. The summed E-state index contributed by atoms with van der Waals surface area (Å²) in [6, 6.07) is 2.04. The Kier molecular flexibility index (Phi) is 4.48. The smallest absolute Gasteiger partial charge is 0.145 e. The van der Waals surface area contributed by atoms with E-state index in [1.807, 2.05) is 0 Å². The van der Waals surface area contributed by atoms with Gasteiger partial charge < -0.3 is 10.1 Å². The van der Waals surface area contributed by atoms with Gasteiger partial charge in [0, 0.05) is 25.5 Å². The number of hydrogen-bond donors (Lipinski definition) is 1. The maximum Gasteiger partial charge on any atom is 0.145 e. The Morgan fingerprint density at radius 2 is 2.12 bits per heavy atom. The van der Waals surface area contributed by atoms with Gasteiger partial charge in [0.25, 0.3) is 0 Å². The van der Waals surface area contributed by atoms with Crippen LogP contribution in [0.2, 0.25) is 10.0 Å². The van der Waals surface area contributed by atoms with Crippen LogP contribution in [0.15, 0.2) is 12.3 Å². The van der Waals surface area contributed by atoms with Crippen molar-refractivity contribution in [2.45, 2.75) is 25.8 Å². The number of ether oxygens (including phenoxy) is 1. The second-order valence-electron chi connectivity index (χ2n) is 4.37. The molecule has 0 amide bonds. The van der Waals surface area contributed by atoms with Crippen molar-refractivity contribution >= 4 is 29.0 Å². The predicted molar refractivity (Wildman–Crippen MR) is 70.9 cm³/mol. The molecule has 1 aromatic heterocycles. The van der Waals surface area contributed by atoms with Crippen LogP contribution in [-0.4, -0.2) is 24.2 Å². The number of halogens is 2. The highest BCUT2D eigenvalue weighted by molar-refractivity contribution is 6.35. The van der Waals surface area contributed by atoms with Crippen LogP contribution < -0.4 is 5.32 Å². The molecule has 0 radical (unpaired) electrons. The normalized spacial score (nSPS) is 19.0. The van der Waals surface area contributed by atoms with E-state index in [1.165, 1.54) is 0 Å². The molecule has 3 nitrogen and oxygen atoms in total. The number of anilines is 1. The van der Waals surface area contributed by atoms with Crippen molar-refractivity contribution in [2.75, 3.05) is 18.5 Å². The van der Waals surface area contributed by atoms with E-state index >= 15 is 0 Å². The number of hydrogen-bond acceptors (Lipinski definition) is 3. The van der Waals surface area contributed by atoms with Gasteiger partial charge in [-0.15, -0.1) is 0 Å². The first-order valence-corrected chi connectivity index (χ1v) is 6.57. The van der Waals surface area contributed by atoms with Crippen LogP contribution in [-0.2, 0) is 4.74 Å². The number of aromatic nitrogens is 1. The van der Waals surface area contributed by atoms with E-state index < -0.39 is 0 Å². The minimum atomic E-state index is 0.338. The maximum atomic E-state index is 6.08. The largest absolute Gasteiger partial charge is 0.381 e. The van der Waals surface area contributed by atoms with E-state index in [1.54, 1.807) is 12.3 Å². The van der Waals surface area contributed by atoms with Crippen LogP contribution in [0.5, 0.6) is 0 Å². The second-order valence-corrected chi connectivity index (χ2v) is 5.21. The summed E-state index contributed by atoms with van der Waals surface area (Å²) in [5.74, 6) is 1.31. The number of nitrogens with zero attached hydrogens (tertiary/aromatic N) is 1. The molecule has 1 fully saturated rings. The lowest BCUT2D eigenvalue weighted by Gasteiger charge is -2.28. The van der Waals surface area contributed by atoms with E-state index in [2.05, 4.69) is 17.2 Å². The van der Waals surface area contributed by atoms with Crippen molar-refractivity contribution in [1.29, 1.82) is 0 Å². The van der Waals surface area contributed by atoms with Gasteiger partial charge in [0.15, 0.2) is 0 Å². The number of rotatable bonds is 3. The first-order valence-electron chi connectivity index (χ1n) is 5.82. The third kappa shape index (κ3) is 3.47. The monoisotopic (exact) mass is 274 g/mol. The lowest BCUT2D eigenvalue weighted by molar-refractivity contribution is 0.0622. The Morgan fingerprint density at radius 1 is 1.41 bits per heavy atom. The van der Waals surface area contributed by atoms with E-state index in [4.69, 9.17) is 27.9 Å². The zero-order chi connectivity index (χ0) is 12.3. The molecule has 1 aliphatic heterocycles. The summed E-state index contributed by atoms with van der Waals surface area (Å²) in [5.41, 5.74) is 0. The number of nitrogens with one attached hydrogen (secondary N) is 1. The van der Waals surface area contributed by atoms with Gasteiger partial charge in [-0.05, 0) is 31.7 Å². The van der Waals surface area contributed by atoms with Crippen LogP contribution >= 0.6 is 23.2 Å². The summed E-state index contributed by atoms with van der Waals surface area (Å²) in [4.78, 5) is 4.21. The lowest BCUT2D eigenvalue weighted by atomic mass is 9.93. The van der Waals surface area contributed by atoms with Crippen molar-refractivity contribution in [3.63, 3.8) is 0 Å². The van der Waals surface area contributed by atoms with E-state index in [0.29, 0.717) is 27.8 Å². The summed E-state index contributed by atoms with van der Waals surface area (Å²) >= 11 is 11.9. The molecule has 2 rings (SSSR count).